The predicted molar refractivity (Wildman–Crippen MR) is 78.4 cm³/mol. The van der Waals surface area contributed by atoms with Crippen LogP contribution in [0.5, 0.6) is 0 Å². The molecule has 0 aliphatic rings. The summed E-state index contributed by atoms with van der Waals surface area (Å²) in [6.07, 6.45) is 0. The molecule has 1 amide bonds. The van der Waals surface area contributed by atoms with Gasteiger partial charge in [0.05, 0.1) is 11.3 Å². The molecule has 2 rings (SSSR count). The molecular weight excluding hydrogens is 285 g/mol. The molecule has 0 heterocycles. The van der Waals surface area contributed by atoms with Gasteiger partial charge in [-0.3, -0.25) is 15.6 Å². The molecule has 0 aliphatic heterocycles. The summed E-state index contributed by atoms with van der Waals surface area (Å²) in [5.41, 5.74) is 12.4. The molecule has 0 saturated carbocycles. The maximum atomic E-state index is 11.9. The Morgan fingerprint density at radius 1 is 1.00 bits per heavy atom. The minimum Gasteiger partial charge on any atom is -0.398 e. The second kappa shape index (κ2) is 5.82. The van der Waals surface area contributed by atoms with Gasteiger partial charge in [0.2, 0.25) is 0 Å². The number of carbonyl (C=O) groups excluding carboxylic acids is 1. The predicted octanol–water partition coefficient (Wildman–Crippen LogP) is 3.33. The van der Waals surface area contributed by atoms with Crippen molar-refractivity contribution in [3.05, 3.63) is 58.1 Å². The lowest BCUT2D eigenvalue weighted by Gasteiger charge is -2.10. The third-order valence-corrected chi connectivity index (χ3v) is 2.91. The van der Waals surface area contributed by atoms with Gasteiger partial charge in [-0.1, -0.05) is 23.2 Å². The van der Waals surface area contributed by atoms with E-state index in [0.29, 0.717) is 27.0 Å². The van der Waals surface area contributed by atoms with Gasteiger partial charge in [0.1, 0.15) is 0 Å². The fourth-order valence-electron chi connectivity index (χ4n) is 1.47. The highest BCUT2D eigenvalue weighted by Crippen LogP contribution is 2.18. The van der Waals surface area contributed by atoms with E-state index >= 15 is 0 Å². The summed E-state index contributed by atoms with van der Waals surface area (Å²) in [6, 6.07) is 11.6. The van der Waals surface area contributed by atoms with Gasteiger partial charge in [0.15, 0.2) is 0 Å². The van der Waals surface area contributed by atoms with Crippen molar-refractivity contribution >= 4 is 40.5 Å². The van der Waals surface area contributed by atoms with Crippen molar-refractivity contribution in [3.8, 4) is 0 Å². The van der Waals surface area contributed by atoms with Crippen molar-refractivity contribution in [2.75, 3.05) is 11.2 Å². The van der Waals surface area contributed by atoms with Gasteiger partial charge in [-0.05, 0) is 42.5 Å². The van der Waals surface area contributed by atoms with Gasteiger partial charge in [-0.15, -0.1) is 0 Å². The molecule has 19 heavy (non-hydrogen) atoms. The normalized spacial score (nSPS) is 10.0. The molecule has 2 aromatic rings. The van der Waals surface area contributed by atoms with E-state index < -0.39 is 0 Å². The number of rotatable bonds is 3. The lowest BCUT2D eigenvalue weighted by Crippen LogP contribution is -2.29. The number of nitrogens with one attached hydrogen (secondary N) is 2. The lowest BCUT2D eigenvalue weighted by molar-refractivity contribution is 0.0963. The number of benzene rings is 2. The van der Waals surface area contributed by atoms with E-state index in [1.165, 1.54) is 6.07 Å². The first-order chi connectivity index (χ1) is 9.06. The number of carbonyl (C=O) groups is 1. The number of hydrogen-bond donors (Lipinski definition) is 3. The molecule has 4 N–H and O–H groups in total. The van der Waals surface area contributed by atoms with Crippen molar-refractivity contribution in [2.45, 2.75) is 0 Å². The third kappa shape index (κ3) is 3.53. The van der Waals surface area contributed by atoms with E-state index in [-0.39, 0.29) is 5.91 Å². The quantitative estimate of drug-likeness (QED) is 0.601. The summed E-state index contributed by atoms with van der Waals surface area (Å²) in [5, 5.41) is 1.11. The van der Waals surface area contributed by atoms with Gasteiger partial charge < -0.3 is 5.73 Å². The van der Waals surface area contributed by atoms with Crippen LogP contribution in [0.2, 0.25) is 10.0 Å². The Kier molecular flexibility index (Phi) is 4.14. The molecule has 6 heteroatoms. The van der Waals surface area contributed by atoms with Gasteiger partial charge in [-0.25, -0.2) is 0 Å². The molecule has 0 atom stereocenters. The molecule has 4 nitrogen and oxygen atoms in total. The minimum atomic E-state index is -0.343. The van der Waals surface area contributed by atoms with Crippen LogP contribution in [0.15, 0.2) is 42.5 Å². The van der Waals surface area contributed by atoms with Gasteiger partial charge in [0, 0.05) is 15.7 Å². The highest BCUT2D eigenvalue weighted by atomic mass is 35.5. The monoisotopic (exact) mass is 295 g/mol. The van der Waals surface area contributed by atoms with Crippen LogP contribution in [-0.2, 0) is 0 Å². The molecule has 0 fully saturated rings. The summed E-state index contributed by atoms with van der Waals surface area (Å²) in [5.74, 6) is -0.343. The van der Waals surface area contributed by atoms with E-state index in [4.69, 9.17) is 28.9 Å². The van der Waals surface area contributed by atoms with Crippen molar-refractivity contribution < 1.29 is 4.79 Å². The van der Waals surface area contributed by atoms with Gasteiger partial charge in [-0.2, -0.15) is 0 Å². The number of hydrazine groups is 1. The maximum Gasteiger partial charge on any atom is 0.271 e. The summed E-state index contributed by atoms with van der Waals surface area (Å²) in [6.45, 7) is 0. The van der Waals surface area contributed by atoms with E-state index in [2.05, 4.69) is 10.9 Å². The highest BCUT2D eigenvalue weighted by molar-refractivity contribution is 6.31. The molecule has 0 radical (unpaired) electrons. The highest BCUT2D eigenvalue weighted by Gasteiger charge is 2.09. The molecule has 98 valence electrons. The molecule has 0 aromatic heterocycles. The van der Waals surface area contributed by atoms with E-state index in [1.54, 1.807) is 36.4 Å². The first-order valence-corrected chi connectivity index (χ1v) is 6.19. The standard InChI is InChI=1S/C13H11Cl2N3O/c14-8-1-4-10(5-2-8)17-18-13(19)11-6-3-9(15)7-12(11)16/h1-7,17H,16H2,(H,18,19). The Labute approximate surface area is 120 Å². The SMILES string of the molecule is Nc1cc(Cl)ccc1C(=O)NNc1ccc(Cl)cc1. The van der Waals surface area contributed by atoms with Gasteiger partial charge in [0.25, 0.3) is 5.91 Å². The lowest BCUT2D eigenvalue weighted by atomic mass is 10.2. The van der Waals surface area contributed by atoms with Gasteiger partial charge >= 0.3 is 0 Å². The molecule has 0 spiro atoms. The first kappa shape index (κ1) is 13.5. The Hall–Kier alpha value is -1.91. The second-order valence-corrected chi connectivity index (χ2v) is 4.69. The average Bonchev–Trinajstić information content (AvgIpc) is 2.37. The van der Waals surface area contributed by atoms with Crippen LogP contribution in [-0.4, -0.2) is 5.91 Å². The van der Waals surface area contributed by atoms with E-state index in [1.807, 2.05) is 0 Å². The Bertz CT molecular complexity index is 599. The molecule has 0 saturated heterocycles. The Morgan fingerprint density at radius 3 is 2.26 bits per heavy atom. The largest absolute Gasteiger partial charge is 0.398 e. The third-order valence-electron chi connectivity index (χ3n) is 2.42. The summed E-state index contributed by atoms with van der Waals surface area (Å²) in [4.78, 5) is 11.9. The van der Waals surface area contributed by atoms with Crippen LogP contribution in [0.4, 0.5) is 11.4 Å². The average molecular weight is 296 g/mol. The minimum absolute atomic E-state index is 0.322. The van der Waals surface area contributed by atoms with Crippen molar-refractivity contribution in [2.24, 2.45) is 0 Å². The zero-order chi connectivity index (χ0) is 13.8. The van der Waals surface area contributed by atoms with Crippen LogP contribution in [0.1, 0.15) is 10.4 Å². The number of hydrogen-bond acceptors (Lipinski definition) is 3. The van der Waals surface area contributed by atoms with E-state index in [9.17, 15) is 4.79 Å². The molecule has 2 aromatic carbocycles. The smallest absolute Gasteiger partial charge is 0.271 e. The Morgan fingerprint density at radius 2 is 1.63 bits per heavy atom. The number of amides is 1. The van der Waals surface area contributed by atoms with Crippen molar-refractivity contribution in [1.82, 2.24) is 5.43 Å². The van der Waals surface area contributed by atoms with Crippen LogP contribution < -0.4 is 16.6 Å². The van der Waals surface area contributed by atoms with Crippen LogP contribution in [0.3, 0.4) is 0 Å². The number of nitrogen functional groups attached to an aromatic ring is 1. The van der Waals surface area contributed by atoms with Crippen molar-refractivity contribution in [3.63, 3.8) is 0 Å². The first-order valence-electron chi connectivity index (χ1n) is 5.43. The number of halogens is 2. The second-order valence-electron chi connectivity index (χ2n) is 3.82. The fourth-order valence-corrected chi connectivity index (χ4v) is 1.78. The molecule has 0 unspecified atom stereocenters. The maximum absolute atomic E-state index is 11.9. The Balaban J connectivity index is 2.03. The summed E-state index contributed by atoms with van der Waals surface area (Å²) >= 11 is 11.5. The number of anilines is 2. The van der Waals surface area contributed by atoms with Crippen LogP contribution in [0, 0.1) is 0 Å². The fraction of sp³-hybridized carbons (Fsp3) is 0. The van der Waals surface area contributed by atoms with Crippen molar-refractivity contribution in [1.29, 1.82) is 0 Å². The topological polar surface area (TPSA) is 67.2 Å². The zero-order valence-corrected chi connectivity index (χ0v) is 11.3. The molecule has 0 aliphatic carbocycles. The van der Waals surface area contributed by atoms with Crippen LogP contribution >= 0.6 is 23.2 Å². The molecule has 0 bridgehead atoms. The zero-order valence-electron chi connectivity index (χ0n) is 9.78. The van der Waals surface area contributed by atoms with E-state index in [0.717, 1.165) is 0 Å². The summed E-state index contributed by atoms with van der Waals surface area (Å²) < 4.78 is 0. The number of nitrogens with two attached hydrogens (primary N) is 1. The van der Waals surface area contributed by atoms with Crippen LogP contribution in [0.25, 0.3) is 0 Å². The summed E-state index contributed by atoms with van der Waals surface area (Å²) in [7, 11) is 0. The molecular formula is C13H11Cl2N3O.